The van der Waals surface area contributed by atoms with E-state index in [0.29, 0.717) is 17.4 Å². The third-order valence-electron chi connectivity index (χ3n) is 3.12. The SMILES string of the molecule is C=CCN(Cc1ccc(Cl)s1)C(=O)CC1C=CS(=O)(=O)C1. The minimum atomic E-state index is -3.12. The van der Waals surface area contributed by atoms with E-state index in [1.165, 1.54) is 16.7 Å². The normalized spacial score (nSPS) is 19.6. The number of sulfone groups is 1. The molecule has 0 spiro atoms. The number of allylic oxidation sites excluding steroid dienone is 1. The third kappa shape index (κ3) is 4.69. The van der Waals surface area contributed by atoms with Gasteiger partial charge in [0.15, 0.2) is 9.84 Å². The van der Waals surface area contributed by atoms with Gasteiger partial charge in [0.05, 0.1) is 16.6 Å². The van der Waals surface area contributed by atoms with Crippen molar-refractivity contribution in [1.29, 1.82) is 0 Å². The summed E-state index contributed by atoms with van der Waals surface area (Å²) in [6, 6.07) is 3.68. The Hall–Kier alpha value is -1.11. The van der Waals surface area contributed by atoms with Crippen LogP contribution in [0.1, 0.15) is 11.3 Å². The second-order valence-electron chi connectivity index (χ2n) is 4.89. The van der Waals surface area contributed by atoms with E-state index in [-0.39, 0.29) is 24.0 Å². The number of amides is 1. The average Bonchev–Trinajstić information content (AvgIpc) is 2.95. The van der Waals surface area contributed by atoms with Gasteiger partial charge in [0.25, 0.3) is 0 Å². The standard InChI is InChI=1S/C14H16ClNO3S2/c1-2-6-16(9-12-3-4-13(15)20-12)14(17)8-11-5-7-21(18,19)10-11/h2-5,7,11H,1,6,8-10H2. The van der Waals surface area contributed by atoms with E-state index in [1.807, 2.05) is 6.07 Å². The molecule has 1 amide bonds. The zero-order chi connectivity index (χ0) is 15.5. The molecule has 1 aromatic rings. The molecule has 0 aliphatic carbocycles. The van der Waals surface area contributed by atoms with Gasteiger partial charge in [-0.3, -0.25) is 4.79 Å². The minimum Gasteiger partial charge on any atom is -0.334 e. The first kappa shape index (κ1) is 16.3. The van der Waals surface area contributed by atoms with Crippen LogP contribution in [0.5, 0.6) is 0 Å². The predicted molar refractivity (Wildman–Crippen MR) is 86.0 cm³/mol. The van der Waals surface area contributed by atoms with E-state index < -0.39 is 9.84 Å². The molecule has 0 aromatic carbocycles. The molecule has 0 saturated heterocycles. The van der Waals surface area contributed by atoms with Crippen LogP contribution in [-0.2, 0) is 21.2 Å². The number of carbonyl (C=O) groups excluding carboxylic acids is 1. The third-order valence-corrected chi connectivity index (χ3v) is 5.80. The quantitative estimate of drug-likeness (QED) is 0.745. The molecule has 7 heteroatoms. The Morgan fingerprint density at radius 1 is 1.52 bits per heavy atom. The number of halogens is 1. The van der Waals surface area contributed by atoms with Crippen LogP contribution in [0.4, 0.5) is 0 Å². The van der Waals surface area contributed by atoms with Crippen LogP contribution in [0.2, 0.25) is 4.34 Å². The molecule has 1 aliphatic heterocycles. The zero-order valence-electron chi connectivity index (χ0n) is 11.4. The number of hydrogen-bond donors (Lipinski definition) is 0. The van der Waals surface area contributed by atoms with Crippen molar-refractivity contribution in [3.05, 3.63) is 45.5 Å². The van der Waals surface area contributed by atoms with Crippen molar-refractivity contribution >= 4 is 38.7 Å². The van der Waals surface area contributed by atoms with Gasteiger partial charge in [-0.05, 0) is 12.1 Å². The van der Waals surface area contributed by atoms with Gasteiger partial charge in [0, 0.05) is 29.2 Å². The highest BCUT2D eigenvalue weighted by molar-refractivity contribution is 7.94. The van der Waals surface area contributed by atoms with E-state index >= 15 is 0 Å². The number of rotatable bonds is 6. The maximum Gasteiger partial charge on any atom is 0.223 e. The van der Waals surface area contributed by atoms with Gasteiger partial charge in [0.2, 0.25) is 5.91 Å². The number of carbonyl (C=O) groups is 1. The van der Waals surface area contributed by atoms with Crippen molar-refractivity contribution in [2.75, 3.05) is 12.3 Å². The van der Waals surface area contributed by atoms with Crippen molar-refractivity contribution in [2.24, 2.45) is 5.92 Å². The summed E-state index contributed by atoms with van der Waals surface area (Å²) in [6.45, 7) is 4.55. The van der Waals surface area contributed by atoms with E-state index in [0.717, 1.165) is 4.88 Å². The van der Waals surface area contributed by atoms with E-state index in [1.54, 1.807) is 23.1 Å². The topological polar surface area (TPSA) is 54.5 Å². The number of hydrogen-bond acceptors (Lipinski definition) is 4. The van der Waals surface area contributed by atoms with Gasteiger partial charge in [-0.1, -0.05) is 23.8 Å². The zero-order valence-corrected chi connectivity index (χ0v) is 13.8. The lowest BCUT2D eigenvalue weighted by Crippen LogP contribution is -2.32. The summed E-state index contributed by atoms with van der Waals surface area (Å²) in [5, 5.41) is 1.20. The largest absolute Gasteiger partial charge is 0.334 e. The predicted octanol–water partition coefficient (Wildman–Crippen LogP) is 2.86. The molecule has 2 rings (SSSR count). The lowest BCUT2D eigenvalue weighted by atomic mass is 10.1. The fourth-order valence-electron chi connectivity index (χ4n) is 2.16. The van der Waals surface area contributed by atoms with Crippen LogP contribution >= 0.6 is 22.9 Å². The van der Waals surface area contributed by atoms with Gasteiger partial charge in [-0.2, -0.15) is 0 Å². The second kappa shape index (κ2) is 6.77. The Balaban J connectivity index is 1.99. The fourth-order valence-corrected chi connectivity index (χ4v) is 4.66. The molecule has 0 fully saturated rings. The molecule has 0 N–H and O–H groups in total. The van der Waals surface area contributed by atoms with Crippen molar-refractivity contribution in [3.63, 3.8) is 0 Å². The lowest BCUT2D eigenvalue weighted by Gasteiger charge is -2.21. The molecular formula is C14H16ClNO3S2. The molecule has 0 bridgehead atoms. The number of nitrogens with zero attached hydrogens (tertiary/aromatic N) is 1. The van der Waals surface area contributed by atoms with Crippen LogP contribution in [0.3, 0.4) is 0 Å². The maximum atomic E-state index is 12.3. The Bertz CT molecular complexity index is 664. The average molecular weight is 346 g/mol. The highest BCUT2D eigenvalue weighted by atomic mass is 35.5. The van der Waals surface area contributed by atoms with Crippen LogP contribution < -0.4 is 0 Å². The smallest absolute Gasteiger partial charge is 0.223 e. The van der Waals surface area contributed by atoms with Gasteiger partial charge in [0.1, 0.15) is 0 Å². The first-order chi connectivity index (χ1) is 9.89. The summed E-state index contributed by atoms with van der Waals surface area (Å²) >= 11 is 7.32. The maximum absolute atomic E-state index is 12.3. The number of thiophene rings is 1. The van der Waals surface area contributed by atoms with Gasteiger partial charge >= 0.3 is 0 Å². The monoisotopic (exact) mass is 345 g/mol. The van der Waals surface area contributed by atoms with Crippen molar-refractivity contribution in [2.45, 2.75) is 13.0 Å². The Morgan fingerprint density at radius 2 is 2.29 bits per heavy atom. The summed E-state index contributed by atoms with van der Waals surface area (Å²) in [5.74, 6) is -0.293. The van der Waals surface area contributed by atoms with E-state index in [4.69, 9.17) is 11.6 Å². The van der Waals surface area contributed by atoms with Crippen LogP contribution in [-0.4, -0.2) is 31.5 Å². The molecule has 1 unspecified atom stereocenters. The highest BCUT2D eigenvalue weighted by Gasteiger charge is 2.25. The van der Waals surface area contributed by atoms with Crippen molar-refractivity contribution in [1.82, 2.24) is 4.90 Å². The molecule has 1 aromatic heterocycles. The molecule has 0 saturated carbocycles. The fraction of sp³-hybridized carbons (Fsp3) is 0.357. The molecule has 0 radical (unpaired) electrons. The first-order valence-electron chi connectivity index (χ1n) is 6.43. The first-order valence-corrected chi connectivity index (χ1v) is 9.34. The molecule has 1 aliphatic rings. The van der Waals surface area contributed by atoms with E-state index in [2.05, 4.69) is 6.58 Å². The molecular weight excluding hydrogens is 330 g/mol. The summed E-state index contributed by atoms with van der Waals surface area (Å²) in [4.78, 5) is 15.0. The highest BCUT2D eigenvalue weighted by Crippen LogP contribution is 2.24. The Kier molecular flexibility index (Phi) is 5.24. The van der Waals surface area contributed by atoms with Gasteiger partial charge in [-0.25, -0.2) is 8.42 Å². The molecule has 21 heavy (non-hydrogen) atoms. The van der Waals surface area contributed by atoms with E-state index in [9.17, 15) is 13.2 Å². The lowest BCUT2D eigenvalue weighted by molar-refractivity contribution is -0.131. The van der Waals surface area contributed by atoms with Gasteiger partial charge < -0.3 is 4.90 Å². The summed E-state index contributed by atoms with van der Waals surface area (Å²) in [6.07, 6.45) is 3.46. The van der Waals surface area contributed by atoms with Crippen LogP contribution in [0.25, 0.3) is 0 Å². The Morgan fingerprint density at radius 3 is 2.81 bits per heavy atom. The second-order valence-corrected chi connectivity index (χ2v) is 8.62. The minimum absolute atomic E-state index is 0.0193. The van der Waals surface area contributed by atoms with Crippen molar-refractivity contribution < 1.29 is 13.2 Å². The van der Waals surface area contributed by atoms with Crippen LogP contribution in [0, 0.1) is 5.92 Å². The Labute approximate surface area is 133 Å². The summed E-state index contributed by atoms with van der Waals surface area (Å²) < 4.78 is 23.4. The molecule has 1 atom stereocenters. The summed E-state index contributed by atoms with van der Waals surface area (Å²) in [7, 11) is -3.12. The van der Waals surface area contributed by atoms with Crippen molar-refractivity contribution in [3.8, 4) is 0 Å². The van der Waals surface area contributed by atoms with Gasteiger partial charge in [-0.15, -0.1) is 17.9 Å². The van der Waals surface area contributed by atoms with Crippen LogP contribution in [0.15, 0.2) is 36.3 Å². The molecule has 4 nitrogen and oxygen atoms in total. The molecule has 114 valence electrons. The summed E-state index contributed by atoms with van der Waals surface area (Å²) in [5.41, 5.74) is 0. The molecule has 2 heterocycles.